The normalized spacial score (nSPS) is 10.2. The molecule has 3 nitrogen and oxygen atoms in total. The van der Waals surface area contributed by atoms with Crippen LogP contribution in [0.1, 0.15) is 5.56 Å². The summed E-state index contributed by atoms with van der Waals surface area (Å²) in [5.41, 5.74) is 6.58. The maximum atomic E-state index is 5.56. The molecule has 3 N–H and O–H groups in total. The monoisotopic (exact) mass is 156 g/mol. The van der Waals surface area contributed by atoms with Crippen LogP contribution < -0.4 is 5.73 Å². The maximum absolute atomic E-state index is 5.56. The van der Waals surface area contributed by atoms with E-state index in [1.54, 1.807) is 11.8 Å². The van der Waals surface area contributed by atoms with Crippen LogP contribution in [0, 0.1) is 6.92 Å². The van der Waals surface area contributed by atoms with Gasteiger partial charge in [0.1, 0.15) is 10.8 Å². The van der Waals surface area contributed by atoms with E-state index in [9.17, 15) is 0 Å². The Morgan fingerprint density at radius 3 is 2.90 bits per heavy atom. The van der Waals surface area contributed by atoms with Crippen molar-refractivity contribution in [3.05, 3.63) is 12.5 Å². The second-order valence-electron chi connectivity index (χ2n) is 1.88. The van der Waals surface area contributed by atoms with Gasteiger partial charge in [0.05, 0.1) is 0 Å². The Morgan fingerprint density at radius 2 is 2.50 bits per heavy atom. The lowest BCUT2D eigenvalue weighted by molar-refractivity contribution is 0.996. The highest BCUT2D eigenvalue weighted by atomic mass is 32.2. The fourth-order valence-corrected chi connectivity index (χ4v) is 1.37. The molecular formula is C6H10N3S. The average Bonchev–Trinajstić information content (AvgIpc) is 2.30. The summed E-state index contributed by atoms with van der Waals surface area (Å²) in [6, 6.07) is 0. The van der Waals surface area contributed by atoms with Crippen molar-refractivity contribution in [3.63, 3.8) is 0 Å². The van der Waals surface area contributed by atoms with Crippen LogP contribution in [0.25, 0.3) is 0 Å². The van der Waals surface area contributed by atoms with Crippen molar-refractivity contribution in [1.29, 1.82) is 0 Å². The second-order valence-corrected chi connectivity index (χ2v) is 2.67. The van der Waals surface area contributed by atoms with Crippen LogP contribution in [-0.4, -0.2) is 16.5 Å². The van der Waals surface area contributed by atoms with E-state index in [1.807, 2.05) is 6.26 Å². The number of hydrogen-bond donors (Lipinski definition) is 2. The molecule has 0 spiro atoms. The Balaban J connectivity index is 3.01. The molecule has 0 unspecified atom stereocenters. The molecule has 0 saturated heterocycles. The number of nitrogen functional groups attached to an aromatic ring is 1. The van der Waals surface area contributed by atoms with Crippen molar-refractivity contribution in [3.8, 4) is 0 Å². The third-order valence-electron chi connectivity index (χ3n) is 1.30. The van der Waals surface area contributed by atoms with Crippen LogP contribution in [-0.2, 0) is 6.42 Å². The number of aromatic amines is 1. The van der Waals surface area contributed by atoms with E-state index in [4.69, 9.17) is 5.73 Å². The summed E-state index contributed by atoms with van der Waals surface area (Å²) in [5.74, 6) is 0.638. The first-order valence-electron chi connectivity index (χ1n) is 2.95. The number of nitrogens with zero attached hydrogens (tertiary/aromatic N) is 1. The van der Waals surface area contributed by atoms with E-state index in [2.05, 4.69) is 17.1 Å². The van der Waals surface area contributed by atoms with Crippen molar-refractivity contribution in [2.45, 2.75) is 11.4 Å². The number of rotatable bonds is 2. The van der Waals surface area contributed by atoms with Gasteiger partial charge in [-0.2, -0.15) is 5.10 Å². The molecule has 0 aliphatic rings. The van der Waals surface area contributed by atoms with Gasteiger partial charge in [-0.25, -0.2) is 0 Å². The van der Waals surface area contributed by atoms with Gasteiger partial charge in [0.2, 0.25) is 0 Å². The molecule has 55 valence electrons. The highest BCUT2D eigenvalue weighted by Gasteiger charge is 2.06. The molecule has 10 heavy (non-hydrogen) atoms. The van der Waals surface area contributed by atoms with E-state index in [-0.39, 0.29) is 0 Å². The third-order valence-corrected chi connectivity index (χ3v) is 2.03. The van der Waals surface area contributed by atoms with Gasteiger partial charge in [0.15, 0.2) is 0 Å². The molecule has 1 aromatic heterocycles. The van der Waals surface area contributed by atoms with Crippen LogP contribution >= 0.6 is 11.8 Å². The Bertz CT molecular complexity index is 219. The predicted molar refractivity (Wildman–Crippen MR) is 43.8 cm³/mol. The Labute approximate surface area is 64.4 Å². The zero-order valence-electron chi connectivity index (χ0n) is 5.85. The number of anilines is 1. The lowest BCUT2D eigenvalue weighted by atomic mass is 10.3. The predicted octanol–water partition coefficient (Wildman–Crippen LogP) is 1.09. The standard InChI is InChI=1S/C6H10N3S/c1-3-4-5(7)8-9-6(4)10-2/h1,3H2,2H3,(H3,7,8,9). The van der Waals surface area contributed by atoms with Gasteiger partial charge in [-0.15, -0.1) is 11.8 Å². The molecule has 0 aliphatic heterocycles. The van der Waals surface area contributed by atoms with Crippen molar-refractivity contribution in [1.82, 2.24) is 10.2 Å². The van der Waals surface area contributed by atoms with E-state index < -0.39 is 0 Å². The van der Waals surface area contributed by atoms with Crippen molar-refractivity contribution in [2.24, 2.45) is 0 Å². The van der Waals surface area contributed by atoms with Gasteiger partial charge >= 0.3 is 0 Å². The molecule has 4 heteroatoms. The first-order valence-corrected chi connectivity index (χ1v) is 4.18. The molecule has 1 radical (unpaired) electrons. The zero-order valence-corrected chi connectivity index (χ0v) is 6.66. The third kappa shape index (κ3) is 1.11. The SMILES string of the molecule is [CH2]Cc1c(SC)n[nH]c1N. The summed E-state index contributed by atoms with van der Waals surface area (Å²) in [6.07, 6.45) is 2.66. The summed E-state index contributed by atoms with van der Waals surface area (Å²) >= 11 is 1.58. The average molecular weight is 156 g/mol. The summed E-state index contributed by atoms with van der Waals surface area (Å²) in [7, 11) is 0. The molecule has 0 fully saturated rings. The smallest absolute Gasteiger partial charge is 0.123 e. The fourth-order valence-electron chi connectivity index (χ4n) is 0.772. The summed E-state index contributed by atoms with van der Waals surface area (Å²) in [5, 5.41) is 7.64. The van der Waals surface area contributed by atoms with Crippen LogP contribution in [0.3, 0.4) is 0 Å². The van der Waals surface area contributed by atoms with Gasteiger partial charge in [-0.05, 0) is 19.6 Å². The number of aromatic nitrogens is 2. The molecule has 0 aromatic carbocycles. The lowest BCUT2D eigenvalue weighted by Crippen LogP contribution is -1.89. The number of hydrogen-bond acceptors (Lipinski definition) is 3. The molecule has 1 aromatic rings. The molecule has 0 aliphatic carbocycles. The highest BCUT2D eigenvalue weighted by molar-refractivity contribution is 7.98. The minimum Gasteiger partial charge on any atom is -0.384 e. The van der Waals surface area contributed by atoms with E-state index in [1.165, 1.54) is 0 Å². The van der Waals surface area contributed by atoms with Crippen LogP contribution in [0.15, 0.2) is 5.03 Å². The topological polar surface area (TPSA) is 54.7 Å². The summed E-state index contributed by atoms with van der Waals surface area (Å²) in [6.45, 7) is 3.74. The minimum absolute atomic E-state index is 0.638. The quantitative estimate of drug-likeness (QED) is 0.630. The second kappa shape index (κ2) is 2.96. The molecule has 0 bridgehead atoms. The summed E-state index contributed by atoms with van der Waals surface area (Å²) in [4.78, 5) is 0. The van der Waals surface area contributed by atoms with Crippen LogP contribution in [0.4, 0.5) is 5.82 Å². The number of H-pyrrole nitrogens is 1. The van der Waals surface area contributed by atoms with E-state index in [0.717, 1.165) is 10.6 Å². The molecule has 0 atom stereocenters. The molecule has 1 rings (SSSR count). The first kappa shape index (κ1) is 7.47. The molecule has 0 saturated carbocycles. The fraction of sp³-hybridized carbons (Fsp3) is 0.333. The van der Waals surface area contributed by atoms with Gasteiger partial charge < -0.3 is 5.73 Å². The first-order chi connectivity index (χ1) is 4.79. The highest BCUT2D eigenvalue weighted by Crippen LogP contribution is 2.21. The number of thioether (sulfide) groups is 1. The molecule has 0 amide bonds. The Kier molecular flexibility index (Phi) is 2.21. The molecule has 1 heterocycles. The maximum Gasteiger partial charge on any atom is 0.123 e. The Morgan fingerprint density at radius 1 is 1.80 bits per heavy atom. The van der Waals surface area contributed by atoms with Crippen molar-refractivity contribution >= 4 is 17.6 Å². The minimum atomic E-state index is 0.638. The van der Waals surface area contributed by atoms with Gasteiger partial charge in [0, 0.05) is 5.56 Å². The van der Waals surface area contributed by atoms with Gasteiger partial charge in [0.25, 0.3) is 0 Å². The lowest BCUT2D eigenvalue weighted by Gasteiger charge is -1.93. The van der Waals surface area contributed by atoms with Crippen molar-refractivity contribution < 1.29 is 0 Å². The van der Waals surface area contributed by atoms with Crippen LogP contribution in [0.5, 0.6) is 0 Å². The van der Waals surface area contributed by atoms with E-state index in [0.29, 0.717) is 12.2 Å². The number of nitrogens with one attached hydrogen (secondary N) is 1. The summed E-state index contributed by atoms with van der Waals surface area (Å²) < 4.78 is 0. The van der Waals surface area contributed by atoms with Gasteiger partial charge in [-0.3, -0.25) is 5.10 Å². The van der Waals surface area contributed by atoms with Gasteiger partial charge in [-0.1, -0.05) is 0 Å². The Hall–Kier alpha value is -0.640. The van der Waals surface area contributed by atoms with Crippen molar-refractivity contribution in [2.75, 3.05) is 12.0 Å². The number of nitrogens with two attached hydrogens (primary N) is 1. The molecular weight excluding hydrogens is 146 g/mol. The largest absolute Gasteiger partial charge is 0.384 e. The van der Waals surface area contributed by atoms with Crippen LogP contribution in [0.2, 0.25) is 0 Å². The van der Waals surface area contributed by atoms with E-state index >= 15 is 0 Å². The zero-order chi connectivity index (χ0) is 7.56.